The van der Waals surface area contributed by atoms with Crippen LogP contribution in [0.2, 0.25) is 0 Å². The first kappa shape index (κ1) is 16.6. The highest BCUT2D eigenvalue weighted by Crippen LogP contribution is 2.26. The maximum absolute atomic E-state index is 12.5. The summed E-state index contributed by atoms with van der Waals surface area (Å²) in [6, 6.07) is 7.64. The zero-order valence-corrected chi connectivity index (χ0v) is 14.5. The second-order valence-electron chi connectivity index (χ2n) is 6.26. The third-order valence-corrected chi connectivity index (χ3v) is 4.50. The zero-order valence-electron chi connectivity index (χ0n) is 14.5. The van der Waals surface area contributed by atoms with Crippen LogP contribution in [0.25, 0.3) is 11.0 Å². The third-order valence-electron chi connectivity index (χ3n) is 4.50. The lowest BCUT2D eigenvalue weighted by atomic mass is 9.97. The summed E-state index contributed by atoms with van der Waals surface area (Å²) in [5.41, 5.74) is 3.08. The summed E-state index contributed by atoms with van der Waals surface area (Å²) in [5, 5.41) is 10.1. The van der Waals surface area contributed by atoms with Crippen molar-refractivity contribution in [3.63, 3.8) is 0 Å². The molecule has 2 aromatic heterocycles. The fourth-order valence-corrected chi connectivity index (χ4v) is 3.14. The highest BCUT2D eigenvalue weighted by atomic mass is 16.5. The van der Waals surface area contributed by atoms with Gasteiger partial charge >= 0.3 is 0 Å². The van der Waals surface area contributed by atoms with E-state index < -0.39 is 0 Å². The number of ether oxygens (including phenoxy) is 2. The van der Waals surface area contributed by atoms with Gasteiger partial charge < -0.3 is 19.8 Å². The summed E-state index contributed by atoms with van der Waals surface area (Å²) in [7, 11) is 0. The van der Waals surface area contributed by atoms with Gasteiger partial charge in [-0.15, -0.1) is 0 Å². The normalized spacial score (nSPS) is 15.3. The van der Waals surface area contributed by atoms with Crippen molar-refractivity contribution in [3.05, 3.63) is 35.5 Å². The van der Waals surface area contributed by atoms with E-state index in [1.807, 2.05) is 13.0 Å². The fourth-order valence-electron chi connectivity index (χ4n) is 3.14. The minimum absolute atomic E-state index is 0.218. The molecule has 0 unspecified atom stereocenters. The Labute approximate surface area is 150 Å². The summed E-state index contributed by atoms with van der Waals surface area (Å²) in [6.45, 7) is 3.95. The zero-order chi connectivity index (χ0) is 17.9. The van der Waals surface area contributed by atoms with Gasteiger partial charge in [0.2, 0.25) is 0 Å². The lowest BCUT2D eigenvalue weighted by Crippen LogP contribution is -2.14. The molecule has 1 amide bonds. The van der Waals surface area contributed by atoms with E-state index in [1.54, 1.807) is 18.2 Å². The number of aromatic amines is 2. The van der Waals surface area contributed by atoms with Gasteiger partial charge in [0.25, 0.3) is 11.9 Å². The molecule has 0 atom stereocenters. The summed E-state index contributed by atoms with van der Waals surface area (Å²) >= 11 is 0. The van der Waals surface area contributed by atoms with E-state index in [2.05, 4.69) is 25.5 Å². The summed E-state index contributed by atoms with van der Waals surface area (Å²) in [6.07, 6.45) is 1.93. The van der Waals surface area contributed by atoms with Gasteiger partial charge in [-0.1, -0.05) is 0 Å². The van der Waals surface area contributed by atoms with Gasteiger partial charge in [-0.2, -0.15) is 10.1 Å². The Hall–Kier alpha value is -2.87. The predicted molar refractivity (Wildman–Crippen MR) is 96.6 cm³/mol. The SMILES string of the molecule is CCOc1nc2ccc(C(=O)Nc3cc(C4CCOCC4)[nH]n3)cc2[nH]1. The average molecular weight is 355 g/mol. The molecule has 3 heterocycles. The standard InChI is InChI=1S/C18H21N5O3/c1-2-26-18-19-13-4-3-12(9-15(13)20-18)17(24)21-16-10-14(22-23-16)11-5-7-25-8-6-11/h3-4,9-11H,2,5-8H2,1H3,(H,19,20)(H2,21,22,23,24). The van der Waals surface area contributed by atoms with E-state index in [1.165, 1.54) is 0 Å². The highest BCUT2D eigenvalue weighted by molar-refractivity contribution is 6.05. The number of anilines is 1. The lowest BCUT2D eigenvalue weighted by molar-refractivity contribution is 0.0845. The maximum Gasteiger partial charge on any atom is 0.294 e. The van der Waals surface area contributed by atoms with E-state index in [0.717, 1.165) is 42.8 Å². The van der Waals surface area contributed by atoms with Crippen LogP contribution in [-0.2, 0) is 4.74 Å². The molecule has 0 spiro atoms. The van der Waals surface area contributed by atoms with E-state index in [-0.39, 0.29) is 5.91 Å². The number of carbonyl (C=O) groups excluding carboxylic acids is 1. The van der Waals surface area contributed by atoms with Crippen molar-refractivity contribution in [3.8, 4) is 6.01 Å². The Kier molecular flexibility index (Phi) is 4.57. The van der Waals surface area contributed by atoms with Crippen LogP contribution < -0.4 is 10.1 Å². The number of nitrogens with zero attached hydrogens (tertiary/aromatic N) is 2. The van der Waals surface area contributed by atoms with Crippen molar-refractivity contribution in [2.24, 2.45) is 0 Å². The van der Waals surface area contributed by atoms with Crippen molar-refractivity contribution >= 4 is 22.8 Å². The van der Waals surface area contributed by atoms with Gasteiger partial charge in [0.15, 0.2) is 5.82 Å². The molecule has 26 heavy (non-hydrogen) atoms. The highest BCUT2D eigenvalue weighted by Gasteiger charge is 2.19. The van der Waals surface area contributed by atoms with Gasteiger partial charge in [-0.25, -0.2) is 0 Å². The van der Waals surface area contributed by atoms with Crippen LogP contribution in [0.4, 0.5) is 5.82 Å². The molecule has 0 aliphatic carbocycles. The molecule has 0 saturated carbocycles. The number of hydrogen-bond donors (Lipinski definition) is 3. The first-order valence-electron chi connectivity index (χ1n) is 8.80. The number of H-pyrrole nitrogens is 2. The molecule has 1 aromatic carbocycles. The van der Waals surface area contributed by atoms with E-state index >= 15 is 0 Å². The first-order chi connectivity index (χ1) is 12.7. The number of nitrogens with one attached hydrogen (secondary N) is 3. The van der Waals surface area contributed by atoms with E-state index in [9.17, 15) is 4.79 Å². The summed E-state index contributed by atoms with van der Waals surface area (Å²) < 4.78 is 10.7. The largest absolute Gasteiger partial charge is 0.465 e. The van der Waals surface area contributed by atoms with Gasteiger partial charge in [-0.3, -0.25) is 9.89 Å². The van der Waals surface area contributed by atoms with Crippen LogP contribution >= 0.6 is 0 Å². The molecule has 0 bridgehead atoms. The Balaban J connectivity index is 1.47. The molecule has 136 valence electrons. The van der Waals surface area contributed by atoms with Gasteiger partial charge in [0, 0.05) is 36.5 Å². The molecule has 8 heteroatoms. The topological polar surface area (TPSA) is 105 Å². The summed E-state index contributed by atoms with van der Waals surface area (Å²) in [5.74, 6) is 0.709. The Morgan fingerprint density at radius 2 is 2.19 bits per heavy atom. The van der Waals surface area contributed by atoms with Gasteiger partial charge in [-0.05, 0) is 38.0 Å². The van der Waals surface area contributed by atoms with Crippen molar-refractivity contribution in [1.82, 2.24) is 20.2 Å². The second-order valence-corrected chi connectivity index (χ2v) is 6.26. The van der Waals surface area contributed by atoms with Crippen LogP contribution in [-0.4, -0.2) is 45.9 Å². The number of imidazole rings is 1. The molecule has 1 fully saturated rings. The monoisotopic (exact) mass is 355 g/mol. The third kappa shape index (κ3) is 3.41. The summed E-state index contributed by atoms with van der Waals surface area (Å²) in [4.78, 5) is 19.9. The average Bonchev–Trinajstić information content (AvgIpc) is 3.28. The molecule has 1 saturated heterocycles. The molecule has 8 nitrogen and oxygen atoms in total. The quantitative estimate of drug-likeness (QED) is 0.653. The van der Waals surface area contributed by atoms with E-state index in [4.69, 9.17) is 9.47 Å². The number of fused-ring (bicyclic) bond motifs is 1. The maximum atomic E-state index is 12.5. The molecule has 1 aliphatic heterocycles. The van der Waals surface area contributed by atoms with Crippen LogP contribution in [0.3, 0.4) is 0 Å². The fraction of sp³-hybridized carbons (Fsp3) is 0.389. The number of hydrogen-bond acceptors (Lipinski definition) is 5. The molecule has 1 aliphatic rings. The number of rotatable bonds is 5. The Morgan fingerprint density at radius 3 is 3.00 bits per heavy atom. The molecule has 3 N–H and O–H groups in total. The van der Waals surface area contributed by atoms with Crippen molar-refractivity contribution < 1.29 is 14.3 Å². The van der Waals surface area contributed by atoms with Crippen LogP contribution in [0, 0.1) is 0 Å². The molecule has 3 aromatic rings. The van der Waals surface area contributed by atoms with Crippen LogP contribution in [0.5, 0.6) is 6.01 Å². The second kappa shape index (κ2) is 7.17. The number of carbonyl (C=O) groups is 1. The lowest BCUT2D eigenvalue weighted by Gasteiger charge is -2.20. The minimum atomic E-state index is -0.218. The van der Waals surface area contributed by atoms with Gasteiger partial charge in [0.1, 0.15) is 0 Å². The van der Waals surface area contributed by atoms with E-state index in [0.29, 0.717) is 29.9 Å². The Bertz CT molecular complexity index is 911. The molecule has 0 radical (unpaired) electrons. The van der Waals surface area contributed by atoms with Crippen molar-refractivity contribution in [2.75, 3.05) is 25.1 Å². The van der Waals surface area contributed by atoms with Crippen LogP contribution in [0.1, 0.15) is 41.7 Å². The van der Waals surface area contributed by atoms with Crippen LogP contribution in [0.15, 0.2) is 24.3 Å². The first-order valence-corrected chi connectivity index (χ1v) is 8.80. The van der Waals surface area contributed by atoms with Crippen molar-refractivity contribution in [2.45, 2.75) is 25.7 Å². The number of benzene rings is 1. The minimum Gasteiger partial charge on any atom is -0.465 e. The van der Waals surface area contributed by atoms with Crippen molar-refractivity contribution in [1.29, 1.82) is 0 Å². The predicted octanol–water partition coefficient (Wildman–Crippen LogP) is 2.83. The number of aromatic nitrogens is 4. The molecule has 4 rings (SSSR count). The molecular weight excluding hydrogens is 334 g/mol. The molecular formula is C18H21N5O3. The Morgan fingerprint density at radius 1 is 1.35 bits per heavy atom. The van der Waals surface area contributed by atoms with Gasteiger partial charge in [0.05, 0.1) is 17.6 Å². The smallest absolute Gasteiger partial charge is 0.294 e. The number of amides is 1.